The number of nitrogens with zero attached hydrogens (tertiary/aromatic N) is 2. The predicted octanol–water partition coefficient (Wildman–Crippen LogP) is 0.968. The molecule has 0 atom stereocenters. The van der Waals surface area contributed by atoms with E-state index in [4.69, 9.17) is 10.6 Å². The zero-order valence-corrected chi connectivity index (χ0v) is 8.20. The van der Waals surface area contributed by atoms with Gasteiger partial charge in [0.05, 0.1) is 0 Å². The lowest BCUT2D eigenvalue weighted by Gasteiger charge is -2.07. The Morgan fingerprint density at radius 3 is 2.80 bits per heavy atom. The molecular formula is C8H12F2N4O. The third-order valence-electron chi connectivity index (χ3n) is 1.57. The highest BCUT2D eigenvalue weighted by atomic mass is 19.3. The number of aromatic nitrogens is 2. The fraction of sp³-hybridized carbons (Fsp3) is 0.500. The van der Waals surface area contributed by atoms with Crippen LogP contribution >= 0.6 is 0 Å². The van der Waals surface area contributed by atoms with Gasteiger partial charge in [-0.25, -0.2) is 19.6 Å². The maximum Gasteiger partial charge on any atom is 0.272 e. The highest BCUT2D eigenvalue weighted by Crippen LogP contribution is 2.13. The predicted molar refractivity (Wildman–Crippen MR) is 50.7 cm³/mol. The molecule has 1 aromatic rings. The lowest BCUT2D eigenvalue weighted by atomic mass is 10.4. The molecule has 0 aromatic carbocycles. The number of aryl methyl sites for hydroxylation is 1. The zero-order chi connectivity index (χ0) is 11.3. The van der Waals surface area contributed by atoms with Gasteiger partial charge in [-0.05, 0) is 0 Å². The molecule has 1 heterocycles. The van der Waals surface area contributed by atoms with Gasteiger partial charge in [0.2, 0.25) is 5.88 Å². The minimum Gasteiger partial charge on any atom is -0.471 e. The summed E-state index contributed by atoms with van der Waals surface area (Å²) in [4.78, 5) is 7.89. The van der Waals surface area contributed by atoms with Crippen molar-refractivity contribution in [3.63, 3.8) is 0 Å². The third kappa shape index (κ3) is 3.62. The van der Waals surface area contributed by atoms with Crippen LogP contribution < -0.4 is 16.0 Å². The van der Waals surface area contributed by atoms with E-state index < -0.39 is 13.0 Å². The molecule has 84 valence electrons. The third-order valence-corrected chi connectivity index (χ3v) is 1.57. The number of alkyl halides is 2. The molecule has 15 heavy (non-hydrogen) atoms. The fourth-order valence-corrected chi connectivity index (χ4v) is 0.927. The summed E-state index contributed by atoms with van der Waals surface area (Å²) in [5, 5.41) is 0. The van der Waals surface area contributed by atoms with Gasteiger partial charge in [0.25, 0.3) is 6.43 Å². The van der Waals surface area contributed by atoms with Gasteiger partial charge in [-0.15, -0.1) is 0 Å². The Kier molecular flexibility index (Phi) is 4.17. The van der Waals surface area contributed by atoms with Crippen LogP contribution in [0.2, 0.25) is 0 Å². The highest BCUT2D eigenvalue weighted by Gasteiger charge is 2.07. The van der Waals surface area contributed by atoms with Crippen molar-refractivity contribution < 1.29 is 13.5 Å². The largest absolute Gasteiger partial charge is 0.471 e. The second-order valence-corrected chi connectivity index (χ2v) is 2.71. The Balaban J connectivity index is 2.77. The van der Waals surface area contributed by atoms with E-state index in [1.165, 1.54) is 6.07 Å². The van der Waals surface area contributed by atoms with Gasteiger partial charge in [-0.2, -0.15) is 4.98 Å². The van der Waals surface area contributed by atoms with E-state index in [9.17, 15) is 8.78 Å². The van der Waals surface area contributed by atoms with Crippen molar-refractivity contribution >= 4 is 5.82 Å². The van der Waals surface area contributed by atoms with Gasteiger partial charge in [0, 0.05) is 12.5 Å². The molecular weight excluding hydrogens is 206 g/mol. The molecule has 3 N–H and O–H groups in total. The van der Waals surface area contributed by atoms with Gasteiger partial charge in [0.1, 0.15) is 11.6 Å². The molecule has 1 rings (SSSR count). The van der Waals surface area contributed by atoms with Crippen molar-refractivity contribution in [2.24, 2.45) is 5.84 Å². The molecule has 0 saturated carbocycles. The maximum atomic E-state index is 11.9. The molecule has 5 nitrogen and oxygen atoms in total. The van der Waals surface area contributed by atoms with Crippen LogP contribution in [-0.2, 0) is 6.42 Å². The molecule has 0 aliphatic rings. The number of nitrogen functional groups attached to an aromatic ring is 1. The second-order valence-electron chi connectivity index (χ2n) is 2.71. The minimum atomic E-state index is -2.53. The summed E-state index contributed by atoms with van der Waals surface area (Å²) in [6, 6.07) is 1.36. The van der Waals surface area contributed by atoms with Crippen LogP contribution in [-0.4, -0.2) is 23.0 Å². The lowest BCUT2D eigenvalue weighted by Crippen LogP contribution is -2.13. The molecule has 7 heteroatoms. The van der Waals surface area contributed by atoms with E-state index in [2.05, 4.69) is 15.4 Å². The van der Waals surface area contributed by atoms with Crippen molar-refractivity contribution in [1.82, 2.24) is 9.97 Å². The fourth-order valence-electron chi connectivity index (χ4n) is 0.927. The number of ether oxygens (including phenoxy) is 1. The van der Waals surface area contributed by atoms with Crippen LogP contribution in [0.1, 0.15) is 12.7 Å². The molecule has 0 aliphatic heterocycles. The number of halogens is 2. The lowest BCUT2D eigenvalue weighted by molar-refractivity contribution is 0.0794. The number of hydrogen-bond acceptors (Lipinski definition) is 5. The standard InChI is InChI=1S/C8H12F2N4O/c1-2-6-12-7(14-11)3-8(13-6)15-4-5(9)10/h3,5H,2,4,11H2,1H3,(H,12,13,14). The molecule has 0 saturated heterocycles. The molecule has 0 fully saturated rings. The number of nitrogens with two attached hydrogens (primary N) is 1. The first-order valence-corrected chi connectivity index (χ1v) is 4.41. The smallest absolute Gasteiger partial charge is 0.272 e. The number of hydrazine groups is 1. The quantitative estimate of drug-likeness (QED) is 0.569. The summed E-state index contributed by atoms with van der Waals surface area (Å²) in [6.07, 6.45) is -1.96. The van der Waals surface area contributed by atoms with Gasteiger partial charge in [0.15, 0.2) is 6.61 Å². The average molecular weight is 218 g/mol. The summed E-state index contributed by atoms with van der Waals surface area (Å²) < 4.78 is 28.5. The Hall–Kier alpha value is -1.50. The molecule has 0 radical (unpaired) electrons. The van der Waals surface area contributed by atoms with Crippen molar-refractivity contribution in [2.45, 2.75) is 19.8 Å². The first kappa shape index (κ1) is 11.6. The topological polar surface area (TPSA) is 73.1 Å². The van der Waals surface area contributed by atoms with Gasteiger partial charge >= 0.3 is 0 Å². The van der Waals surface area contributed by atoms with Crippen LogP contribution in [0.25, 0.3) is 0 Å². The minimum absolute atomic E-state index is 0.0927. The van der Waals surface area contributed by atoms with Gasteiger partial charge in [-0.1, -0.05) is 6.92 Å². The summed E-state index contributed by atoms with van der Waals surface area (Å²) in [7, 11) is 0. The van der Waals surface area contributed by atoms with Crippen LogP contribution in [0.3, 0.4) is 0 Å². The van der Waals surface area contributed by atoms with Crippen LogP contribution in [0.5, 0.6) is 5.88 Å². The van der Waals surface area contributed by atoms with E-state index in [-0.39, 0.29) is 5.88 Å². The summed E-state index contributed by atoms with van der Waals surface area (Å²) in [5.41, 5.74) is 2.31. The number of nitrogens with one attached hydrogen (secondary N) is 1. The molecule has 0 unspecified atom stereocenters. The molecule has 0 spiro atoms. The van der Waals surface area contributed by atoms with Crippen molar-refractivity contribution in [3.05, 3.63) is 11.9 Å². The van der Waals surface area contributed by atoms with E-state index in [1.54, 1.807) is 0 Å². The first-order valence-electron chi connectivity index (χ1n) is 4.41. The van der Waals surface area contributed by atoms with Crippen molar-refractivity contribution in [1.29, 1.82) is 0 Å². The van der Waals surface area contributed by atoms with E-state index in [0.717, 1.165) is 0 Å². The summed E-state index contributed by atoms with van der Waals surface area (Å²) in [5.74, 6) is 6.07. The zero-order valence-electron chi connectivity index (χ0n) is 8.20. The number of hydrogen-bond donors (Lipinski definition) is 2. The van der Waals surface area contributed by atoms with E-state index >= 15 is 0 Å². The molecule has 0 bridgehead atoms. The Labute approximate surface area is 85.6 Å². The summed E-state index contributed by atoms with van der Waals surface area (Å²) in [6.45, 7) is 1.15. The second kappa shape index (κ2) is 5.40. The molecule has 0 aliphatic carbocycles. The normalized spacial score (nSPS) is 10.5. The van der Waals surface area contributed by atoms with Crippen LogP contribution in [0.4, 0.5) is 14.6 Å². The maximum absolute atomic E-state index is 11.9. The van der Waals surface area contributed by atoms with Crippen molar-refractivity contribution in [2.75, 3.05) is 12.0 Å². The highest BCUT2D eigenvalue weighted by molar-refractivity contribution is 5.36. The average Bonchev–Trinajstić information content (AvgIpc) is 2.25. The SMILES string of the molecule is CCc1nc(NN)cc(OCC(F)F)n1. The molecule has 1 aromatic heterocycles. The van der Waals surface area contributed by atoms with Gasteiger partial charge < -0.3 is 10.2 Å². The van der Waals surface area contributed by atoms with Gasteiger partial charge in [-0.3, -0.25) is 0 Å². The monoisotopic (exact) mass is 218 g/mol. The Morgan fingerprint density at radius 1 is 1.53 bits per heavy atom. The number of rotatable bonds is 5. The van der Waals surface area contributed by atoms with Crippen molar-refractivity contribution in [3.8, 4) is 5.88 Å². The van der Waals surface area contributed by atoms with Crippen LogP contribution in [0.15, 0.2) is 6.07 Å². The van der Waals surface area contributed by atoms with E-state index in [0.29, 0.717) is 18.1 Å². The number of anilines is 1. The first-order chi connectivity index (χ1) is 7.15. The Bertz CT molecular complexity index is 299. The Morgan fingerprint density at radius 2 is 2.27 bits per heavy atom. The molecule has 0 amide bonds. The summed E-state index contributed by atoms with van der Waals surface area (Å²) >= 11 is 0. The van der Waals surface area contributed by atoms with Crippen LogP contribution in [0, 0.1) is 0 Å². The van der Waals surface area contributed by atoms with E-state index in [1.807, 2.05) is 6.92 Å².